The van der Waals surface area contributed by atoms with Crippen LogP contribution in [-0.4, -0.2) is 25.8 Å². The van der Waals surface area contributed by atoms with Crippen molar-refractivity contribution in [1.82, 2.24) is 5.32 Å². The highest BCUT2D eigenvalue weighted by atomic mass is 16.5. The first kappa shape index (κ1) is 17.9. The first-order valence-corrected chi connectivity index (χ1v) is 8.12. The van der Waals surface area contributed by atoms with Gasteiger partial charge in [-0.1, -0.05) is 46.0 Å². The van der Waals surface area contributed by atoms with E-state index in [2.05, 4.69) is 26.1 Å². The summed E-state index contributed by atoms with van der Waals surface area (Å²) in [5.41, 5.74) is 0. The minimum absolute atomic E-state index is 0.641. The Morgan fingerprint density at radius 2 is 1.50 bits per heavy atom. The number of unbranched alkanes of at least 4 members (excludes halogenated alkanes) is 5. The van der Waals surface area contributed by atoms with Gasteiger partial charge in [0.05, 0.1) is 0 Å². The van der Waals surface area contributed by atoms with Crippen LogP contribution >= 0.6 is 0 Å². The zero-order chi connectivity index (χ0) is 13.5. The number of rotatable bonds is 14. The van der Waals surface area contributed by atoms with E-state index in [0.717, 1.165) is 19.8 Å². The molecule has 0 radical (unpaired) electrons. The van der Waals surface area contributed by atoms with Crippen molar-refractivity contribution in [2.24, 2.45) is 0 Å². The fraction of sp³-hybridized carbons (Fsp3) is 1.00. The molecule has 0 spiro atoms. The molecule has 0 saturated heterocycles. The van der Waals surface area contributed by atoms with Crippen LogP contribution in [0.4, 0.5) is 0 Å². The van der Waals surface area contributed by atoms with Crippen LogP contribution in [0.3, 0.4) is 0 Å². The zero-order valence-electron chi connectivity index (χ0n) is 13.0. The van der Waals surface area contributed by atoms with Gasteiger partial charge in [0.15, 0.2) is 0 Å². The molecule has 0 fully saturated rings. The molecule has 18 heavy (non-hydrogen) atoms. The van der Waals surface area contributed by atoms with Gasteiger partial charge in [-0.3, -0.25) is 0 Å². The summed E-state index contributed by atoms with van der Waals surface area (Å²) in [4.78, 5) is 0. The third kappa shape index (κ3) is 14.0. The molecule has 0 bridgehead atoms. The SMILES string of the molecule is CCCCCCCCOCCCC(C)NCCC. The van der Waals surface area contributed by atoms with Crippen LogP contribution in [-0.2, 0) is 4.74 Å². The molecule has 0 aromatic heterocycles. The summed E-state index contributed by atoms with van der Waals surface area (Å²) in [5, 5.41) is 3.51. The lowest BCUT2D eigenvalue weighted by atomic mass is 10.1. The van der Waals surface area contributed by atoms with Crippen LogP contribution in [0.15, 0.2) is 0 Å². The molecule has 2 nitrogen and oxygen atoms in total. The average molecular weight is 257 g/mol. The van der Waals surface area contributed by atoms with E-state index in [1.165, 1.54) is 57.8 Å². The summed E-state index contributed by atoms with van der Waals surface area (Å²) >= 11 is 0. The summed E-state index contributed by atoms with van der Waals surface area (Å²) < 4.78 is 5.67. The molecule has 1 unspecified atom stereocenters. The van der Waals surface area contributed by atoms with Crippen LogP contribution in [0.1, 0.15) is 78.6 Å². The molecule has 0 aromatic rings. The van der Waals surface area contributed by atoms with Crippen molar-refractivity contribution in [1.29, 1.82) is 0 Å². The monoisotopic (exact) mass is 257 g/mol. The Hall–Kier alpha value is -0.0800. The predicted octanol–water partition coefficient (Wildman–Crippen LogP) is 4.53. The molecule has 110 valence electrons. The summed E-state index contributed by atoms with van der Waals surface area (Å²) in [7, 11) is 0. The summed E-state index contributed by atoms with van der Waals surface area (Å²) in [6.45, 7) is 9.78. The minimum Gasteiger partial charge on any atom is -0.381 e. The van der Waals surface area contributed by atoms with E-state index in [-0.39, 0.29) is 0 Å². The Kier molecular flexibility index (Phi) is 14.9. The standard InChI is InChI=1S/C16H35NO/c1-4-6-7-8-9-10-14-18-15-11-12-16(3)17-13-5-2/h16-17H,4-15H2,1-3H3. The summed E-state index contributed by atoms with van der Waals surface area (Å²) in [6.07, 6.45) is 11.7. The lowest BCUT2D eigenvalue weighted by Gasteiger charge is -2.12. The number of ether oxygens (including phenoxy) is 1. The normalized spacial score (nSPS) is 12.8. The smallest absolute Gasteiger partial charge is 0.0466 e. The molecule has 0 amide bonds. The van der Waals surface area contributed by atoms with Crippen molar-refractivity contribution in [2.45, 2.75) is 84.6 Å². The van der Waals surface area contributed by atoms with Gasteiger partial charge in [0.1, 0.15) is 0 Å². The van der Waals surface area contributed by atoms with Crippen LogP contribution in [0.25, 0.3) is 0 Å². The first-order valence-electron chi connectivity index (χ1n) is 8.12. The number of hydrogen-bond acceptors (Lipinski definition) is 2. The van der Waals surface area contributed by atoms with E-state index < -0.39 is 0 Å². The van der Waals surface area contributed by atoms with Crippen molar-refractivity contribution in [3.05, 3.63) is 0 Å². The average Bonchev–Trinajstić information content (AvgIpc) is 2.38. The molecule has 1 N–H and O–H groups in total. The van der Waals surface area contributed by atoms with Crippen LogP contribution in [0.2, 0.25) is 0 Å². The van der Waals surface area contributed by atoms with Gasteiger partial charge in [0.2, 0.25) is 0 Å². The van der Waals surface area contributed by atoms with E-state index in [0.29, 0.717) is 6.04 Å². The Bertz CT molecular complexity index is 150. The molecule has 0 aliphatic heterocycles. The largest absolute Gasteiger partial charge is 0.381 e. The third-order valence-electron chi connectivity index (χ3n) is 3.31. The summed E-state index contributed by atoms with van der Waals surface area (Å²) in [5.74, 6) is 0. The molecule has 1 atom stereocenters. The third-order valence-corrected chi connectivity index (χ3v) is 3.31. The zero-order valence-corrected chi connectivity index (χ0v) is 13.0. The highest BCUT2D eigenvalue weighted by molar-refractivity contribution is 4.59. The fourth-order valence-corrected chi connectivity index (χ4v) is 2.07. The topological polar surface area (TPSA) is 21.3 Å². The van der Waals surface area contributed by atoms with Gasteiger partial charge in [-0.2, -0.15) is 0 Å². The van der Waals surface area contributed by atoms with E-state index in [1.54, 1.807) is 0 Å². The van der Waals surface area contributed by atoms with Gasteiger partial charge in [0, 0.05) is 19.3 Å². The maximum Gasteiger partial charge on any atom is 0.0466 e. The summed E-state index contributed by atoms with van der Waals surface area (Å²) in [6, 6.07) is 0.641. The second-order valence-corrected chi connectivity index (χ2v) is 5.38. The van der Waals surface area contributed by atoms with Crippen molar-refractivity contribution in [3.8, 4) is 0 Å². The van der Waals surface area contributed by atoms with Crippen molar-refractivity contribution in [3.63, 3.8) is 0 Å². The quantitative estimate of drug-likeness (QED) is 0.462. The maximum absolute atomic E-state index is 5.67. The Morgan fingerprint density at radius 3 is 2.22 bits per heavy atom. The van der Waals surface area contributed by atoms with Gasteiger partial charge < -0.3 is 10.1 Å². The van der Waals surface area contributed by atoms with E-state index in [9.17, 15) is 0 Å². The van der Waals surface area contributed by atoms with E-state index >= 15 is 0 Å². The number of nitrogens with one attached hydrogen (secondary N) is 1. The van der Waals surface area contributed by atoms with Gasteiger partial charge in [-0.15, -0.1) is 0 Å². The molecule has 0 aliphatic rings. The molecule has 0 aromatic carbocycles. The highest BCUT2D eigenvalue weighted by Gasteiger charge is 1.99. The second kappa shape index (κ2) is 15.0. The first-order chi connectivity index (χ1) is 8.81. The molecule has 0 heterocycles. The van der Waals surface area contributed by atoms with Crippen molar-refractivity contribution in [2.75, 3.05) is 19.8 Å². The van der Waals surface area contributed by atoms with Crippen LogP contribution in [0.5, 0.6) is 0 Å². The lowest BCUT2D eigenvalue weighted by molar-refractivity contribution is 0.124. The van der Waals surface area contributed by atoms with Gasteiger partial charge in [-0.25, -0.2) is 0 Å². The van der Waals surface area contributed by atoms with E-state index in [4.69, 9.17) is 4.74 Å². The van der Waals surface area contributed by atoms with Gasteiger partial charge in [-0.05, 0) is 39.2 Å². The highest BCUT2D eigenvalue weighted by Crippen LogP contribution is 2.05. The predicted molar refractivity (Wildman–Crippen MR) is 81.2 cm³/mol. The Labute approximate surface area is 115 Å². The van der Waals surface area contributed by atoms with Crippen molar-refractivity contribution >= 4 is 0 Å². The molecule has 2 heteroatoms. The molecule has 0 aliphatic carbocycles. The molecule has 0 saturated carbocycles. The van der Waals surface area contributed by atoms with Gasteiger partial charge >= 0.3 is 0 Å². The Balaban J connectivity index is 3.02. The fourth-order valence-electron chi connectivity index (χ4n) is 2.07. The maximum atomic E-state index is 5.67. The van der Waals surface area contributed by atoms with Crippen LogP contribution in [0, 0.1) is 0 Å². The number of hydrogen-bond donors (Lipinski definition) is 1. The van der Waals surface area contributed by atoms with Crippen LogP contribution < -0.4 is 5.32 Å². The van der Waals surface area contributed by atoms with Crippen molar-refractivity contribution < 1.29 is 4.74 Å². The molecular formula is C16H35NO. The molecule has 0 rings (SSSR count). The minimum atomic E-state index is 0.641. The van der Waals surface area contributed by atoms with Gasteiger partial charge in [0.25, 0.3) is 0 Å². The second-order valence-electron chi connectivity index (χ2n) is 5.38. The Morgan fingerprint density at radius 1 is 0.833 bits per heavy atom. The van der Waals surface area contributed by atoms with E-state index in [1.807, 2.05) is 0 Å². The molecular weight excluding hydrogens is 222 g/mol. The lowest BCUT2D eigenvalue weighted by Crippen LogP contribution is -2.26.